The Morgan fingerprint density at radius 1 is 1.00 bits per heavy atom. The van der Waals surface area contributed by atoms with E-state index in [0.29, 0.717) is 22.6 Å². The van der Waals surface area contributed by atoms with E-state index in [4.69, 9.17) is 13.9 Å². The van der Waals surface area contributed by atoms with Crippen molar-refractivity contribution in [2.45, 2.75) is 26.9 Å². The number of aryl methyl sites for hydroxylation is 1. The number of carbonyl (C=O) groups excluding carboxylic acids is 1. The van der Waals surface area contributed by atoms with E-state index in [1.807, 2.05) is 20.8 Å². The van der Waals surface area contributed by atoms with Gasteiger partial charge < -0.3 is 13.9 Å². The first kappa shape index (κ1) is 16.8. The second-order valence-corrected chi connectivity index (χ2v) is 5.99. The lowest BCUT2D eigenvalue weighted by Gasteiger charge is -2.10. The number of ether oxygens (including phenoxy) is 2. The van der Waals surface area contributed by atoms with Crippen LogP contribution in [0.25, 0.3) is 11.0 Å². The monoisotopic (exact) mass is 338 g/mol. The summed E-state index contributed by atoms with van der Waals surface area (Å²) in [5.74, 6) is 0.508. The maximum atomic E-state index is 12.3. The summed E-state index contributed by atoms with van der Waals surface area (Å²) in [4.78, 5) is 23.7. The van der Waals surface area contributed by atoms with Crippen LogP contribution in [0.5, 0.6) is 11.5 Å². The Morgan fingerprint density at radius 2 is 1.68 bits per heavy atom. The highest BCUT2D eigenvalue weighted by Gasteiger charge is 2.11. The first-order valence-electron chi connectivity index (χ1n) is 7.96. The minimum atomic E-state index is -0.495. The van der Waals surface area contributed by atoms with Gasteiger partial charge in [-0.25, -0.2) is 9.59 Å². The predicted molar refractivity (Wildman–Crippen MR) is 94.4 cm³/mol. The molecule has 5 heteroatoms. The normalized spacial score (nSPS) is 10.9. The predicted octanol–water partition coefficient (Wildman–Crippen LogP) is 4.11. The molecule has 0 radical (unpaired) electrons. The second-order valence-electron chi connectivity index (χ2n) is 5.99. The van der Waals surface area contributed by atoms with Crippen LogP contribution in [0.2, 0.25) is 0 Å². The SMILES string of the molecule is Cc1cc(=O)oc2cc(OC(=O)c3ccc(OC(C)C)cc3)ccc12. The van der Waals surface area contributed by atoms with Crippen LogP contribution in [0.15, 0.2) is 57.7 Å². The molecule has 2 aromatic carbocycles. The van der Waals surface area contributed by atoms with Gasteiger partial charge in [0.05, 0.1) is 11.7 Å². The number of hydrogen-bond acceptors (Lipinski definition) is 5. The molecule has 5 nitrogen and oxygen atoms in total. The smallest absolute Gasteiger partial charge is 0.343 e. The average Bonchev–Trinajstić information content (AvgIpc) is 2.54. The average molecular weight is 338 g/mol. The van der Waals surface area contributed by atoms with Gasteiger partial charge in [0.1, 0.15) is 17.1 Å². The molecular formula is C20H18O5. The van der Waals surface area contributed by atoms with Crippen molar-refractivity contribution in [3.05, 3.63) is 70.1 Å². The summed E-state index contributed by atoms with van der Waals surface area (Å²) in [5, 5.41) is 0.801. The summed E-state index contributed by atoms with van der Waals surface area (Å²) in [6.45, 7) is 5.69. The molecular weight excluding hydrogens is 320 g/mol. The summed E-state index contributed by atoms with van der Waals surface area (Å²) >= 11 is 0. The first-order valence-corrected chi connectivity index (χ1v) is 7.96. The lowest BCUT2D eigenvalue weighted by Crippen LogP contribution is -2.09. The van der Waals surface area contributed by atoms with Crippen molar-refractivity contribution in [1.29, 1.82) is 0 Å². The molecule has 0 spiro atoms. The zero-order valence-electron chi connectivity index (χ0n) is 14.2. The van der Waals surface area contributed by atoms with Crippen LogP contribution < -0.4 is 15.1 Å². The molecule has 3 rings (SSSR count). The molecule has 1 heterocycles. The summed E-state index contributed by atoms with van der Waals surface area (Å²) in [7, 11) is 0. The van der Waals surface area contributed by atoms with E-state index in [-0.39, 0.29) is 6.10 Å². The number of benzene rings is 2. The Balaban J connectivity index is 1.80. The van der Waals surface area contributed by atoms with Crippen molar-refractivity contribution in [3.63, 3.8) is 0 Å². The van der Waals surface area contributed by atoms with Gasteiger partial charge in [0.25, 0.3) is 0 Å². The van der Waals surface area contributed by atoms with Crippen LogP contribution in [0.4, 0.5) is 0 Å². The molecule has 0 bridgehead atoms. The third-order valence-corrected chi connectivity index (χ3v) is 3.60. The van der Waals surface area contributed by atoms with Gasteiger partial charge in [0, 0.05) is 17.5 Å². The quantitative estimate of drug-likeness (QED) is 0.407. The fourth-order valence-electron chi connectivity index (χ4n) is 2.48. The number of carbonyl (C=O) groups is 1. The lowest BCUT2D eigenvalue weighted by atomic mass is 10.1. The number of rotatable bonds is 4. The van der Waals surface area contributed by atoms with E-state index in [1.165, 1.54) is 12.1 Å². The van der Waals surface area contributed by atoms with E-state index in [2.05, 4.69) is 0 Å². The van der Waals surface area contributed by atoms with Crippen LogP contribution >= 0.6 is 0 Å². The molecule has 1 aromatic heterocycles. The van der Waals surface area contributed by atoms with Crippen molar-refractivity contribution in [1.82, 2.24) is 0 Å². The highest BCUT2D eigenvalue weighted by molar-refractivity contribution is 5.92. The topological polar surface area (TPSA) is 65.7 Å². The van der Waals surface area contributed by atoms with Gasteiger partial charge in [-0.3, -0.25) is 0 Å². The van der Waals surface area contributed by atoms with Crippen molar-refractivity contribution < 1.29 is 18.7 Å². The van der Waals surface area contributed by atoms with Crippen LogP contribution in [0.1, 0.15) is 29.8 Å². The highest BCUT2D eigenvalue weighted by atomic mass is 16.5. The molecule has 0 N–H and O–H groups in total. The summed E-state index contributed by atoms with van der Waals surface area (Å²) < 4.78 is 16.1. The zero-order chi connectivity index (χ0) is 18.0. The fourth-order valence-corrected chi connectivity index (χ4v) is 2.48. The molecule has 0 atom stereocenters. The Labute approximate surface area is 144 Å². The molecule has 25 heavy (non-hydrogen) atoms. The molecule has 0 saturated carbocycles. The Morgan fingerprint density at radius 3 is 2.36 bits per heavy atom. The number of esters is 1. The molecule has 0 aliphatic heterocycles. The van der Waals surface area contributed by atoms with E-state index in [1.54, 1.807) is 36.4 Å². The van der Waals surface area contributed by atoms with Gasteiger partial charge in [-0.1, -0.05) is 0 Å². The van der Waals surface area contributed by atoms with Crippen molar-refractivity contribution in [2.24, 2.45) is 0 Å². The summed E-state index contributed by atoms with van der Waals surface area (Å²) in [5.41, 5.74) is 1.16. The van der Waals surface area contributed by atoms with Gasteiger partial charge in [-0.05, 0) is 62.7 Å². The van der Waals surface area contributed by atoms with Crippen molar-refractivity contribution in [3.8, 4) is 11.5 Å². The zero-order valence-corrected chi connectivity index (χ0v) is 14.2. The fraction of sp³-hybridized carbons (Fsp3) is 0.200. The van der Waals surface area contributed by atoms with Crippen molar-refractivity contribution in [2.75, 3.05) is 0 Å². The van der Waals surface area contributed by atoms with E-state index in [9.17, 15) is 9.59 Å². The number of hydrogen-bond donors (Lipinski definition) is 0. The minimum Gasteiger partial charge on any atom is -0.491 e. The van der Waals surface area contributed by atoms with Gasteiger partial charge >= 0.3 is 11.6 Å². The van der Waals surface area contributed by atoms with Crippen LogP contribution in [-0.4, -0.2) is 12.1 Å². The summed E-state index contributed by atoms with van der Waals surface area (Å²) in [6, 6.07) is 13.1. The molecule has 3 aromatic rings. The van der Waals surface area contributed by atoms with Gasteiger partial charge in [-0.2, -0.15) is 0 Å². The van der Waals surface area contributed by atoms with Gasteiger partial charge in [-0.15, -0.1) is 0 Å². The summed E-state index contributed by atoms with van der Waals surface area (Å²) in [6.07, 6.45) is 0.0634. The standard InChI is InChI=1S/C20H18O5/c1-12(2)23-15-6-4-14(5-7-15)20(22)24-16-8-9-17-13(3)10-19(21)25-18(17)11-16/h4-12H,1-3H3. The maximum absolute atomic E-state index is 12.3. The van der Waals surface area contributed by atoms with Crippen molar-refractivity contribution >= 4 is 16.9 Å². The molecule has 0 saturated heterocycles. The first-order chi connectivity index (χ1) is 11.9. The van der Waals surface area contributed by atoms with E-state index < -0.39 is 11.6 Å². The largest absolute Gasteiger partial charge is 0.491 e. The van der Waals surface area contributed by atoms with Gasteiger partial charge in [0.15, 0.2) is 0 Å². The molecule has 0 unspecified atom stereocenters. The van der Waals surface area contributed by atoms with Crippen LogP contribution in [-0.2, 0) is 0 Å². The Hall–Kier alpha value is -3.08. The molecule has 0 amide bonds. The Bertz CT molecular complexity index is 968. The molecule has 0 fully saturated rings. The second kappa shape index (κ2) is 6.81. The third-order valence-electron chi connectivity index (χ3n) is 3.60. The molecule has 0 aliphatic carbocycles. The maximum Gasteiger partial charge on any atom is 0.343 e. The van der Waals surface area contributed by atoms with Crippen LogP contribution in [0.3, 0.4) is 0 Å². The minimum absolute atomic E-state index is 0.0634. The highest BCUT2D eigenvalue weighted by Crippen LogP contribution is 2.23. The van der Waals surface area contributed by atoms with Crippen LogP contribution in [0, 0.1) is 6.92 Å². The number of fused-ring (bicyclic) bond motifs is 1. The molecule has 128 valence electrons. The molecule has 0 aliphatic rings. The Kier molecular flexibility index (Phi) is 4.57. The lowest BCUT2D eigenvalue weighted by molar-refractivity contribution is 0.0735. The van der Waals surface area contributed by atoms with E-state index >= 15 is 0 Å². The van der Waals surface area contributed by atoms with Gasteiger partial charge in [0.2, 0.25) is 0 Å². The van der Waals surface area contributed by atoms with E-state index in [0.717, 1.165) is 10.9 Å². The third kappa shape index (κ3) is 3.88.